The molecule has 6 rings (SSSR count). The monoisotopic (exact) mass is 562 g/mol. The molecule has 6 heteroatoms. The summed E-state index contributed by atoms with van der Waals surface area (Å²) >= 11 is 0. The predicted molar refractivity (Wildman–Crippen MR) is 175 cm³/mol. The van der Waals surface area contributed by atoms with E-state index in [1.807, 2.05) is 12.4 Å². The fraction of sp³-hybridized carbons (Fsp3) is 0.714. The van der Waals surface area contributed by atoms with Gasteiger partial charge in [-0.3, -0.25) is 0 Å². The summed E-state index contributed by atoms with van der Waals surface area (Å²) in [6.45, 7) is 18.0. The molecule has 41 heavy (non-hydrogen) atoms. The van der Waals surface area contributed by atoms with Crippen molar-refractivity contribution in [2.24, 2.45) is 0 Å². The minimum Gasteiger partial charge on any atom is -0.355 e. The summed E-state index contributed by atoms with van der Waals surface area (Å²) in [5, 5.41) is 7.73. The molecule has 4 fully saturated rings. The third kappa shape index (κ3) is 8.01. The molecule has 4 heterocycles. The third-order valence-corrected chi connectivity index (χ3v) is 9.95. The first-order chi connectivity index (χ1) is 19.2. The molecule has 2 atom stereocenters. The highest BCUT2D eigenvalue weighted by Crippen LogP contribution is 2.39. The Bertz CT molecular complexity index is 999. The summed E-state index contributed by atoms with van der Waals surface area (Å²) in [4.78, 5) is 14.1. The zero-order valence-electron chi connectivity index (χ0n) is 26.0. The van der Waals surface area contributed by atoms with Crippen molar-refractivity contribution in [3.63, 3.8) is 0 Å². The molecule has 2 aromatic rings. The van der Waals surface area contributed by atoms with Gasteiger partial charge in [0.25, 0.3) is 0 Å². The van der Waals surface area contributed by atoms with Gasteiger partial charge in [-0.2, -0.15) is 0 Å². The molecule has 2 unspecified atom stereocenters. The number of hydrogen-bond donors (Lipinski definition) is 2. The highest BCUT2D eigenvalue weighted by Gasteiger charge is 2.43. The molecule has 228 valence electrons. The lowest BCUT2D eigenvalue weighted by Gasteiger charge is -2.41. The molecule has 2 aliphatic carbocycles. The molecule has 2 N–H and O–H groups in total. The largest absolute Gasteiger partial charge is 0.355 e. The van der Waals surface area contributed by atoms with Crippen LogP contribution in [-0.2, 0) is 0 Å². The van der Waals surface area contributed by atoms with Crippen LogP contribution in [0.2, 0.25) is 0 Å². The van der Waals surface area contributed by atoms with Gasteiger partial charge in [0.05, 0.1) is 0 Å². The molecule has 0 bridgehead atoms. The van der Waals surface area contributed by atoms with E-state index < -0.39 is 0 Å². The minimum absolute atomic E-state index is 0. The van der Waals surface area contributed by atoms with E-state index in [4.69, 9.17) is 0 Å². The molecule has 2 aliphatic heterocycles. The summed E-state index contributed by atoms with van der Waals surface area (Å²) in [5.41, 5.74) is 3.54. The van der Waals surface area contributed by atoms with Crippen LogP contribution < -0.4 is 20.4 Å². The normalized spacial score (nSPS) is 24.1. The first-order valence-electron chi connectivity index (χ1n) is 16.1. The van der Waals surface area contributed by atoms with E-state index in [2.05, 4.69) is 96.2 Å². The summed E-state index contributed by atoms with van der Waals surface area (Å²) < 4.78 is 0. The highest BCUT2D eigenvalue weighted by atomic mass is 15.2. The Balaban J connectivity index is 0.000000184. The molecule has 0 radical (unpaired) electrons. The van der Waals surface area contributed by atoms with Crippen molar-refractivity contribution >= 4 is 11.6 Å². The molecule has 6 nitrogen and oxygen atoms in total. The van der Waals surface area contributed by atoms with Crippen LogP contribution in [0.5, 0.6) is 0 Å². The minimum atomic E-state index is 0. The number of pyridine rings is 2. The second-order valence-electron chi connectivity index (χ2n) is 13.9. The quantitative estimate of drug-likeness (QED) is 0.335. The Hall–Kier alpha value is -2.18. The van der Waals surface area contributed by atoms with Crippen LogP contribution in [0.15, 0.2) is 36.7 Å². The van der Waals surface area contributed by atoms with Crippen molar-refractivity contribution in [2.45, 2.75) is 135 Å². The molecule has 2 saturated carbocycles. The van der Waals surface area contributed by atoms with Gasteiger partial charge < -0.3 is 20.4 Å². The predicted octanol–water partition coefficient (Wildman–Crippen LogP) is 7.27. The molecule has 0 spiro atoms. The number of anilines is 2. The van der Waals surface area contributed by atoms with E-state index in [0.717, 1.165) is 37.8 Å². The Morgan fingerprint density at radius 2 is 1.27 bits per heavy atom. The van der Waals surface area contributed by atoms with Crippen LogP contribution in [0.1, 0.15) is 123 Å². The van der Waals surface area contributed by atoms with Gasteiger partial charge in [-0.1, -0.05) is 54.2 Å². The second-order valence-corrected chi connectivity index (χ2v) is 13.9. The van der Waals surface area contributed by atoms with Crippen molar-refractivity contribution in [2.75, 3.05) is 36.0 Å². The maximum atomic E-state index is 4.65. The Morgan fingerprint density at radius 3 is 1.61 bits per heavy atom. The third-order valence-electron chi connectivity index (χ3n) is 9.95. The van der Waals surface area contributed by atoms with Gasteiger partial charge in [-0.25, -0.2) is 9.97 Å². The zero-order valence-corrected chi connectivity index (χ0v) is 26.0. The zero-order chi connectivity index (χ0) is 28.3. The van der Waals surface area contributed by atoms with Gasteiger partial charge in [-0.05, 0) is 93.4 Å². The van der Waals surface area contributed by atoms with Crippen molar-refractivity contribution in [3.8, 4) is 0 Å². The van der Waals surface area contributed by atoms with Gasteiger partial charge in [0.2, 0.25) is 0 Å². The van der Waals surface area contributed by atoms with Crippen LogP contribution >= 0.6 is 0 Å². The van der Waals surface area contributed by atoms with Crippen molar-refractivity contribution in [1.82, 2.24) is 20.6 Å². The van der Waals surface area contributed by atoms with Crippen LogP contribution in [-0.4, -0.2) is 59.3 Å². The van der Waals surface area contributed by atoms with E-state index >= 15 is 0 Å². The maximum Gasteiger partial charge on any atom is 0.128 e. The summed E-state index contributed by atoms with van der Waals surface area (Å²) in [6.07, 6.45) is 14.6. The van der Waals surface area contributed by atoms with Crippen molar-refractivity contribution in [3.05, 3.63) is 47.8 Å². The molecule has 2 aromatic heterocycles. The van der Waals surface area contributed by atoms with Gasteiger partial charge >= 0.3 is 0 Å². The van der Waals surface area contributed by atoms with Crippen LogP contribution in [0.4, 0.5) is 11.6 Å². The number of rotatable bonds is 9. The van der Waals surface area contributed by atoms with E-state index in [-0.39, 0.29) is 7.43 Å². The average Bonchev–Trinajstić information content (AvgIpc) is 3.30. The molecule has 2 saturated heterocycles. The molecule has 4 aliphatic rings. The van der Waals surface area contributed by atoms with E-state index in [0.29, 0.717) is 35.0 Å². The lowest BCUT2D eigenvalue weighted by atomic mass is 9.78. The van der Waals surface area contributed by atoms with E-state index in [9.17, 15) is 0 Å². The number of hydrogen-bond acceptors (Lipinski definition) is 6. The summed E-state index contributed by atoms with van der Waals surface area (Å²) in [5.74, 6) is 3.39. The average molecular weight is 563 g/mol. The van der Waals surface area contributed by atoms with Gasteiger partial charge in [0.1, 0.15) is 11.6 Å². The fourth-order valence-corrected chi connectivity index (χ4v) is 6.55. The standard InChI is InChI=1S/2C17H27N3.CH4/c1-13(2)14-5-6-16(18-11-14)20-10-7-15(12-20)19-17(3)8-4-9-17;1-4-17(8-9-17)19-15-7-10-20(12-15)16-6-5-14(11-18-16)13(2)3;/h2*5-6,11,13,15,19H,4,7-10,12H2,1-3H3;1H4. The van der Waals surface area contributed by atoms with Gasteiger partial charge in [0.15, 0.2) is 0 Å². The number of aromatic nitrogens is 2. The SMILES string of the molecule is C.CC(C)c1ccc(N2CCC(NC3(C)CCC3)C2)nc1.CCC1(NC2CCN(c3ccc(C(C)C)cn3)C2)CC1. The fourth-order valence-electron chi connectivity index (χ4n) is 6.55. The Kier molecular flexibility index (Phi) is 10.4. The van der Waals surface area contributed by atoms with Crippen LogP contribution in [0, 0.1) is 0 Å². The van der Waals surface area contributed by atoms with E-state index in [1.54, 1.807) is 0 Å². The van der Waals surface area contributed by atoms with Gasteiger partial charge in [0, 0.05) is 61.7 Å². The molecular weight excluding hydrogens is 504 g/mol. The number of nitrogens with one attached hydrogen (secondary N) is 2. The molecule has 0 aromatic carbocycles. The van der Waals surface area contributed by atoms with Gasteiger partial charge in [-0.15, -0.1) is 0 Å². The first kappa shape index (κ1) is 31.7. The Labute approximate surface area is 251 Å². The molecule has 0 amide bonds. The summed E-state index contributed by atoms with van der Waals surface area (Å²) in [6, 6.07) is 10.1. The summed E-state index contributed by atoms with van der Waals surface area (Å²) in [7, 11) is 0. The topological polar surface area (TPSA) is 56.3 Å². The second kappa shape index (κ2) is 13.4. The van der Waals surface area contributed by atoms with Crippen molar-refractivity contribution < 1.29 is 0 Å². The highest BCUT2D eigenvalue weighted by molar-refractivity contribution is 5.42. The maximum absolute atomic E-state index is 4.65. The van der Waals surface area contributed by atoms with Crippen LogP contribution in [0.25, 0.3) is 0 Å². The first-order valence-corrected chi connectivity index (χ1v) is 16.1. The lowest BCUT2D eigenvalue weighted by molar-refractivity contribution is 0.189. The number of nitrogens with zero attached hydrogens (tertiary/aromatic N) is 4. The van der Waals surface area contributed by atoms with Crippen molar-refractivity contribution in [1.29, 1.82) is 0 Å². The molecular formula is C35H58N6. The Morgan fingerprint density at radius 1 is 0.780 bits per heavy atom. The van der Waals surface area contributed by atoms with Crippen LogP contribution in [0.3, 0.4) is 0 Å². The lowest BCUT2D eigenvalue weighted by Crippen LogP contribution is -2.53. The smallest absolute Gasteiger partial charge is 0.128 e. The van der Waals surface area contributed by atoms with E-state index in [1.165, 1.54) is 62.5 Å².